The molecule has 1 rings (SSSR count). The fourth-order valence-electron chi connectivity index (χ4n) is 1.95. The third-order valence-electron chi connectivity index (χ3n) is 3.33. The van der Waals surface area contributed by atoms with Crippen molar-refractivity contribution in [2.45, 2.75) is 39.7 Å². The quantitative estimate of drug-likeness (QED) is 0.647. The molecule has 0 spiro atoms. The second-order valence-corrected chi connectivity index (χ2v) is 4.37. The minimum Gasteiger partial charge on any atom is -0.396 e. The van der Waals surface area contributed by atoms with Gasteiger partial charge in [-0.25, -0.2) is 0 Å². The number of aliphatic hydroxyl groups excluding tert-OH is 2. The average Bonchev–Trinajstić information content (AvgIpc) is 2.66. The molecule has 0 saturated heterocycles. The van der Waals surface area contributed by atoms with Gasteiger partial charge >= 0.3 is 0 Å². The van der Waals surface area contributed by atoms with E-state index in [9.17, 15) is 5.11 Å². The van der Waals surface area contributed by atoms with Gasteiger partial charge in [-0.3, -0.25) is 0 Å². The lowest BCUT2D eigenvalue weighted by atomic mass is 9.73. The van der Waals surface area contributed by atoms with Crippen molar-refractivity contribution in [1.82, 2.24) is 0 Å². The molecule has 0 aliphatic heterocycles. The Morgan fingerprint density at radius 3 is 2.00 bits per heavy atom. The van der Waals surface area contributed by atoms with Gasteiger partial charge in [-0.1, -0.05) is 13.8 Å². The van der Waals surface area contributed by atoms with Crippen LogP contribution < -0.4 is 0 Å². The number of rotatable bonds is 3. The molecule has 0 amide bonds. The summed E-state index contributed by atoms with van der Waals surface area (Å²) in [5.41, 5.74) is -0.122. The van der Waals surface area contributed by atoms with Gasteiger partial charge in [0.05, 0.1) is 6.10 Å². The first-order valence-corrected chi connectivity index (χ1v) is 4.25. The fourth-order valence-corrected chi connectivity index (χ4v) is 1.95. The maximum atomic E-state index is 9.50. The Hall–Kier alpha value is -0.0800. The highest BCUT2D eigenvalue weighted by atomic mass is 16.3. The summed E-state index contributed by atoms with van der Waals surface area (Å²) >= 11 is 0. The normalized spacial score (nSPS) is 24.8. The van der Waals surface area contributed by atoms with Crippen LogP contribution in [0.2, 0.25) is 0 Å². The van der Waals surface area contributed by atoms with E-state index in [0.29, 0.717) is 0 Å². The maximum Gasteiger partial charge on any atom is 0.0574 e. The molecule has 1 aliphatic rings. The van der Waals surface area contributed by atoms with Gasteiger partial charge in [-0.2, -0.15) is 0 Å². The Bertz CT molecular complexity index is 146. The largest absolute Gasteiger partial charge is 0.396 e. The predicted octanol–water partition coefficient (Wildman–Crippen LogP) is 1.17. The van der Waals surface area contributed by atoms with Crippen LogP contribution in [0.25, 0.3) is 0 Å². The van der Waals surface area contributed by atoms with Crippen molar-refractivity contribution in [2.24, 2.45) is 10.8 Å². The van der Waals surface area contributed by atoms with E-state index in [1.807, 2.05) is 20.8 Å². The van der Waals surface area contributed by atoms with Crippen LogP contribution >= 0.6 is 0 Å². The van der Waals surface area contributed by atoms with Gasteiger partial charge in [0, 0.05) is 12.0 Å². The monoisotopic (exact) mass is 158 g/mol. The maximum absolute atomic E-state index is 9.50. The Balaban J connectivity index is 2.72. The van der Waals surface area contributed by atoms with Gasteiger partial charge in [0.1, 0.15) is 0 Å². The van der Waals surface area contributed by atoms with Crippen molar-refractivity contribution in [3.8, 4) is 0 Å². The van der Waals surface area contributed by atoms with Crippen LogP contribution in [0.15, 0.2) is 0 Å². The summed E-state index contributed by atoms with van der Waals surface area (Å²) in [7, 11) is 0. The summed E-state index contributed by atoms with van der Waals surface area (Å²) in [4.78, 5) is 0. The molecule has 0 heterocycles. The zero-order valence-electron chi connectivity index (χ0n) is 7.59. The van der Waals surface area contributed by atoms with Crippen molar-refractivity contribution in [3.05, 3.63) is 0 Å². The molecule has 0 aromatic heterocycles. The molecule has 1 atom stereocenters. The van der Waals surface area contributed by atoms with Crippen LogP contribution in [0, 0.1) is 10.8 Å². The summed E-state index contributed by atoms with van der Waals surface area (Å²) in [6, 6.07) is 0. The van der Waals surface area contributed by atoms with E-state index < -0.39 is 0 Å². The van der Waals surface area contributed by atoms with Gasteiger partial charge < -0.3 is 10.2 Å². The van der Waals surface area contributed by atoms with Gasteiger partial charge in [0.25, 0.3) is 0 Å². The van der Waals surface area contributed by atoms with E-state index in [0.717, 1.165) is 12.8 Å². The van der Waals surface area contributed by atoms with E-state index in [1.54, 1.807) is 0 Å². The molecule has 0 bridgehead atoms. The molecule has 0 aromatic carbocycles. The van der Waals surface area contributed by atoms with E-state index in [4.69, 9.17) is 5.11 Å². The molecule has 1 fully saturated rings. The summed E-state index contributed by atoms with van der Waals surface area (Å²) < 4.78 is 0. The zero-order chi connectivity index (χ0) is 8.70. The van der Waals surface area contributed by atoms with Crippen LogP contribution in [0.3, 0.4) is 0 Å². The third kappa shape index (κ3) is 1.18. The lowest BCUT2D eigenvalue weighted by molar-refractivity contribution is -0.00764. The number of hydrogen-bond donors (Lipinski definition) is 2. The fraction of sp³-hybridized carbons (Fsp3) is 1.00. The summed E-state index contributed by atoms with van der Waals surface area (Å²) in [6.07, 6.45) is 1.82. The molecule has 1 saturated carbocycles. The first kappa shape index (κ1) is 9.01. The molecule has 0 radical (unpaired) electrons. The standard InChI is InChI=1S/C9H18O2/c1-7(11)9(4-5-9)8(2,3)6-10/h7,10-11H,4-6H2,1-3H3. The van der Waals surface area contributed by atoms with Crippen molar-refractivity contribution < 1.29 is 10.2 Å². The van der Waals surface area contributed by atoms with Crippen molar-refractivity contribution in [3.63, 3.8) is 0 Å². The van der Waals surface area contributed by atoms with E-state index in [-0.39, 0.29) is 23.5 Å². The first-order chi connectivity index (χ1) is 4.96. The average molecular weight is 158 g/mol. The van der Waals surface area contributed by atoms with Gasteiger partial charge in [-0.05, 0) is 25.2 Å². The summed E-state index contributed by atoms with van der Waals surface area (Å²) in [5.74, 6) is 0. The van der Waals surface area contributed by atoms with E-state index in [1.165, 1.54) is 0 Å². The SMILES string of the molecule is CC(O)C1(C(C)(C)CO)CC1. The van der Waals surface area contributed by atoms with Gasteiger partial charge in [0.2, 0.25) is 0 Å². The van der Waals surface area contributed by atoms with E-state index in [2.05, 4.69) is 0 Å². The van der Waals surface area contributed by atoms with Gasteiger partial charge in [-0.15, -0.1) is 0 Å². The molecule has 0 aromatic rings. The highest BCUT2D eigenvalue weighted by Crippen LogP contribution is 2.60. The summed E-state index contributed by atoms with van der Waals surface area (Å²) in [6.45, 7) is 6.03. The number of aliphatic hydroxyl groups is 2. The lowest BCUT2D eigenvalue weighted by Gasteiger charge is -2.35. The topological polar surface area (TPSA) is 40.5 Å². The number of hydrogen-bond acceptors (Lipinski definition) is 2. The highest BCUT2D eigenvalue weighted by Gasteiger charge is 2.56. The van der Waals surface area contributed by atoms with Crippen LogP contribution in [-0.2, 0) is 0 Å². The predicted molar refractivity (Wildman–Crippen MR) is 44.2 cm³/mol. The Kier molecular flexibility index (Phi) is 2.01. The summed E-state index contributed by atoms with van der Waals surface area (Å²) in [5, 5.41) is 18.6. The van der Waals surface area contributed by atoms with Crippen LogP contribution in [0.4, 0.5) is 0 Å². The van der Waals surface area contributed by atoms with Crippen molar-refractivity contribution >= 4 is 0 Å². The van der Waals surface area contributed by atoms with Crippen LogP contribution in [0.1, 0.15) is 33.6 Å². The van der Waals surface area contributed by atoms with Crippen LogP contribution in [-0.4, -0.2) is 22.9 Å². The Morgan fingerprint density at radius 1 is 1.45 bits per heavy atom. The van der Waals surface area contributed by atoms with Crippen molar-refractivity contribution in [1.29, 1.82) is 0 Å². The molecule has 2 nitrogen and oxygen atoms in total. The second kappa shape index (κ2) is 2.46. The minimum absolute atomic E-state index is 0.00174. The molecule has 11 heavy (non-hydrogen) atoms. The lowest BCUT2D eigenvalue weighted by Crippen LogP contribution is -2.37. The molecule has 1 aliphatic carbocycles. The zero-order valence-corrected chi connectivity index (χ0v) is 7.59. The highest BCUT2D eigenvalue weighted by molar-refractivity contribution is 5.06. The Morgan fingerprint density at radius 2 is 1.91 bits per heavy atom. The Labute approximate surface area is 68.2 Å². The first-order valence-electron chi connectivity index (χ1n) is 4.25. The second-order valence-electron chi connectivity index (χ2n) is 4.37. The molecule has 2 heteroatoms. The molecule has 66 valence electrons. The van der Waals surface area contributed by atoms with Gasteiger partial charge in [0.15, 0.2) is 0 Å². The molecular formula is C9H18O2. The van der Waals surface area contributed by atoms with Crippen LogP contribution in [0.5, 0.6) is 0 Å². The third-order valence-corrected chi connectivity index (χ3v) is 3.33. The van der Waals surface area contributed by atoms with E-state index >= 15 is 0 Å². The molecular weight excluding hydrogens is 140 g/mol. The smallest absolute Gasteiger partial charge is 0.0574 e. The minimum atomic E-state index is -0.287. The molecule has 2 N–H and O–H groups in total. The van der Waals surface area contributed by atoms with Crippen molar-refractivity contribution in [2.75, 3.05) is 6.61 Å². The molecule has 1 unspecified atom stereocenters.